The quantitative estimate of drug-likeness (QED) is 0.363. The van der Waals surface area contributed by atoms with Crippen molar-refractivity contribution >= 4 is 23.5 Å². The van der Waals surface area contributed by atoms with Crippen LogP contribution in [0.4, 0.5) is 10.5 Å². The van der Waals surface area contributed by atoms with Crippen molar-refractivity contribution in [2.45, 2.75) is 24.4 Å². The van der Waals surface area contributed by atoms with Gasteiger partial charge in [-0.25, -0.2) is 4.79 Å². The summed E-state index contributed by atoms with van der Waals surface area (Å²) >= 11 is 1.66. The van der Waals surface area contributed by atoms with Crippen LogP contribution in [0.1, 0.15) is 28.4 Å². The first-order valence-electron chi connectivity index (χ1n) is 10.7. The Kier molecular flexibility index (Phi) is 5.50. The molecule has 0 saturated heterocycles. The van der Waals surface area contributed by atoms with Crippen LogP contribution in [0.2, 0.25) is 0 Å². The van der Waals surface area contributed by atoms with Crippen LogP contribution in [0, 0.1) is 6.92 Å². The van der Waals surface area contributed by atoms with Gasteiger partial charge >= 0.3 is 6.03 Å². The first kappa shape index (κ1) is 20.5. The third-order valence-corrected chi connectivity index (χ3v) is 6.75. The van der Waals surface area contributed by atoms with E-state index in [4.69, 9.17) is 0 Å². The largest absolute Gasteiger partial charge is 0.322 e. The minimum absolute atomic E-state index is 0.110. The number of anilines is 1. The van der Waals surface area contributed by atoms with Crippen molar-refractivity contribution < 1.29 is 4.79 Å². The number of urea groups is 1. The summed E-state index contributed by atoms with van der Waals surface area (Å²) in [6.07, 6.45) is 4.12. The van der Waals surface area contributed by atoms with Gasteiger partial charge in [0, 0.05) is 22.5 Å². The van der Waals surface area contributed by atoms with Crippen LogP contribution in [-0.4, -0.2) is 21.8 Å². The third-order valence-electron chi connectivity index (χ3n) is 6.03. The van der Waals surface area contributed by atoms with Gasteiger partial charge in [0.25, 0.3) is 0 Å². The molecule has 1 aliphatic heterocycles. The number of carbonyl (C=O) groups excluding carboxylic acids is 1. The lowest BCUT2D eigenvalue weighted by molar-refractivity contribution is 0.194. The number of thioether (sulfide) groups is 1. The molecule has 1 N–H and O–H groups in total. The average molecular weight is 440 g/mol. The number of benzene rings is 3. The molecule has 2 heterocycles. The summed E-state index contributed by atoms with van der Waals surface area (Å²) in [5.41, 5.74) is 6.42. The third kappa shape index (κ3) is 3.69. The Bertz CT molecular complexity index is 1280. The summed E-state index contributed by atoms with van der Waals surface area (Å²) in [6, 6.07) is 28.5. The molecule has 5 heteroatoms. The van der Waals surface area contributed by atoms with Crippen LogP contribution in [0.3, 0.4) is 0 Å². The molecule has 0 saturated carbocycles. The number of aryl methyl sites for hydroxylation is 1. The fourth-order valence-corrected chi connectivity index (χ4v) is 4.92. The molecule has 1 atom stereocenters. The SMILES string of the molecule is CSc1cccc(NC(=O)N2Cc3ccccc3-n3cccc3C2c2ccccc2C)c1. The Hall–Kier alpha value is -3.44. The molecule has 160 valence electrons. The minimum Gasteiger partial charge on any atom is -0.318 e. The van der Waals surface area contributed by atoms with E-state index in [1.165, 1.54) is 5.56 Å². The molecule has 0 radical (unpaired) electrons. The number of nitrogens with zero attached hydrogens (tertiary/aromatic N) is 2. The zero-order chi connectivity index (χ0) is 22.1. The monoisotopic (exact) mass is 439 g/mol. The second-order valence-corrected chi connectivity index (χ2v) is 8.86. The molecule has 2 amide bonds. The maximum absolute atomic E-state index is 13.8. The van der Waals surface area contributed by atoms with Gasteiger partial charge in [0.15, 0.2) is 0 Å². The minimum atomic E-state index is -0.206. The number of aromatic nitrogens is 1. The Morgan fingerprint density at radius 3 is 2.62 bits per heavy atom. The van der Waals surface area contributed by atoms with Gasteiger partial charge in [-0.2, -0.15) is 0 Å². The summed E-state index contributed by atoms with van der Waals surface area (Å²) in [5, 5.41) is 3.15. The highest BCUT2D eigenvalue weighted by atomic mass is 32.2. The first-order valence-corrected chi connectivity index (χ1v) is 11.9. The van der Waals surface area contributed by atoms with Crippen LogP contribution >= 0.6 is 11.8 Å². The predicted octanol–water partition coefficient (Wildman–Crippen LogP) is 6.64. The molecule has 0 bridgehead atoms. The second-order valence-electron chi connectivity index (χ2n) is 7.98. The van der Waals surface area contributed by atoms with Crippen LogP contribution < -0.4 is 5.32 Å². The van der Waals surface area contributed by atoms with E-state index in [-0.39, 0.29) is 12.1 Å². The molecule has 1 aromatic heterocycles. The number of hydrogen-bond donors (Lipinski definition) is 1. The van der Waals surface area contributed by atoms with E-state index >= 15 is 0 Å². The number of fused-ring (bicyclic) bond motifs is 3. The van der Waals surface area contributed by atoms with Crippen molar-refractivity contribution in [3.8, 4) is 5.69 Å². The van der Waals surface area contributed by atoms with Crippen LogP contribution in [-0.2, 0) is 6.54 Å². The van der Waals surface area contributed by atoms with Crippen LogP contribution in [0.5, 0.6) is 0 Å². The van der Waals surface area contributed by atoms with Gasteiger partial charge in [-0.1, -0.05) is 48.5 Å². The fourth-order valence-electron chi connectivity index (χ4n) is 4.46. The molecule has 1 unspecified atom stereocenters. The number of rotatable bonds is 3. The number of hydrogen-bond acceptors (Lipinski definition) is 2. The Balaban J connectivity index is 1.63. The van der Waals surface area contributed by atoms with E-state index in [2.05, 4.69) is 65.5 Å². The van der Waals surface area contributed by atoms with Gasteiger partial charge in [0.05, 0.1) is 12.2 Å². The number of amides is 2. The van der Waals surface area contributed by atoms with E-state index < -0.39 is 0 Å². The highest BCUT2D eigenvalue weighted by Crippen LogP contribution is 2.38. The lowest BCUT2D eigenvalue weighted by Crippen LogP contribution is -2.38. The van der Waals surface area contributed by atoms with Crippen molar-refractivity contribution in [1.29, 1.82) is 0 Å². The van der Waals surface area contributed by atoms with E-state index in [9.17, 15) is 4.79 Å². The van der Waals surface area contributed by atoms with E-state index in [1.54, 1.807) is 11.8 Å². The summed E-state index contributed by atoms with van der Waals surface area (Å²) in [6.45, 7) is 2.63. The summed E-state index contributed by atoms with van der Waals surface area (Å²) < 4.78 is 2.22. The van der Waals surface area contributed by atoms with Crippen molar-refractivity contribution in [3.63, 3.8) is 0 Å². The maximum atomic E-state index is 13.8. The second kappa shape index (κ2) is 8.60. The predicted molar refractivity (Wildman–Crippen MR) is 132 cm³/mol. The zero-order valence-electron chi connectivity index (χ0n) is 18.2. The van der Waals surface area contributed by atoms with Gasteiger partial charge in [0.1, 0.15) is 6.04 Å². The first-order chi connectivity index (χ1) is 15.7. The molecule has 0 spiro atoms. The molecule has 0 fully saturated rings. The molecular weight excluding hydrogens is 414 g/mol. The van der Waals surface area contributed by atoms with Crippen molar-refractivity contribution in [2.24, 2.45) is 0 Å². The van der Waals surface area contributed by atoms with Gasteiger partial charge in [-0.05, 0) is 66.3 Å². The number of carbonyl (C=O) groups is 1. The summed E-state index contributed by atoms with van der Waals surface area (Å²) in [5.74, 6) is 0. The zero-order valence-corrected chi connectivity index (χ0v) is 19.0. The van der Waals surface area contributed by atoms with Crippen molar-refractivity contribution in [1.82, 2.24) is 9.47 Å². The summed E-state index contributed by atoms with van der Waals surface area (Å²) in [4.78, 5) is 16.8. The Labute approximate surface area is 192 Å². The number of nitrogens with one attached hydrogen (secondary N) is 1. The Morgan fingerprint density at radius 1 is 0.969 bits per heavy atom. The van der Waals surface area contributed by atoms with Gasteiger partial charge in [-0.15, -0.1) is 11.8 Å². The molecule has 4 nitrogen and oxygen atoms in total. The highest BCUT2D eigenvalue weighted by Gasteiger charge is 2.33. The van der Waals surface area contributed by atoms with Crippen molar-refractivity contribution in [3.05, 3.63) is 114 Å². The molecule has 0 aliphatic carbocycles. The fraction of sp³-hybridized carbons (Fsp3) is 0.148. The molecule has 4 aromatic rings. The lowest BCUT2D eigenvalue weighted by Gasteiger charge is -2.32. The number of para-hydroxylation sites is 1. The average Bonchev–Trinajstić information content (AvgIpc) is 3.24. The van der Waals surface area contributed by atoms with Crippen LogP contribution in [0.25, 0.3) is 5.69 Å². The standard InChI is InChI=1S/C27H25N3OS/c1-19-9-3-5-13-23(19)26-25-15-8-16-29(25)24-14-6-4-10-20(24)18-30(26)27(31)28-21-11-7-12-22(17-21)32-2/h3-17,26H,18H2,1-2H3,(H,28,31). The topological polar surface area (TPSA) is 37.3 Å². The highest BCUT2D eigenvalue weighted by molar-refractivity contribution is 7.98. The molecule has 5 rings (SSSR count). The van der Waals surface area contributed by atoms with Crippen molar-refractivity contribution in [2.75, 3.05) is 11.6 Å². The lowest BCUT2D eigenvalue weighted by atomic mass is 9.97. The van der Waals surface area contributed by atoms with Gasteiger partial charge in [-0.3, -0.25) is 0 Å². The summed E-state index contributed by atoms with van der Waals surface area (Å²) in [7, 11) is 0. The van der Waals surface area contributed by atoms with Gasteiger partial charge in [0.2, 0.25) is 0 Å². The molecule has 1 aliphatic rings. The maximum Gasteiger partial charge on any atom is 0.322 e. The normalized spacial score (nSPS) is 14.9. The molecular formula is C27H25N3OS. The Morgan fingerprint density at radius 2 is 1.78 bits per heavy atom. The van der Waals surface area contributed by atoms with Gasteiger partial charge < -0.3 is 14.8 Å². The smallest absolute Gasteiger partial charge is 0.318 e. The van der Waals surface area contributed by atoms with Crippen LogP contribution in [0.15, 0.2) is 96.0 Å². The molecule has 3 aromatic carbocycles. The molecule has 32 heavy (non-hydrogen) atoms. The van der Waals surface area contributed by atoms with E-state index in [0.29, 0.717) is 6.54 Å². The van der Waals surface area contributed by atoms with E-state index in [0.717, 1.165) is 33.1 Å². The van der Waals surface area contributed by atoms with E-state index in [1.807, 2.05) is 53.6 Å².